The average Bonchev–Trinajstić information content (AvgIpc) is 2.78. The van der Waals surface area contributed by atoms with Gasteiger partial charge in [0.1, 0.15) is 0 Å². The molecule has 0 radical (unpaired) electrons. The van der Waals surface area contributed by atoms with Gasteiger partial charge in [0.15, 0.2) is 0 Å². The molecule has 11 heteroatoms. The number of rotatable bonds is 5. The zero-order chi connectivity index (χ0) is 18.0. The third-order valence-electron chi connectivity index (χ3n) is 2.88. The topological polar surface area (TPSA) is 55.6 Å². The molecule has 1 aromatic carbocycles. The summed E-state index contributed by atoms with van der Waals surface area (Å²) in [5.74, 6) is 0.121. The van der Waals surface area contributed by atoms with Crippen LogP contribution >= 0.6 is 0 Å². The van der Waals surface area contributed by atoms with Crippen LogP contribution in [0.3, 0.4) is 0 Å². The summed E-state index contributed by atoms with van der Waals surface area (Å²) in [6.45, 7) is -0.0255. The molecule has 0 unspecified atom stereocenters. The maximum absolute atomic E-state index is 12.5. The normalized spacial score (nSPS) is 12.5. The SMILES string of the molecule is Cn1nnc(NCc2cc(CC(F)(F)F)cc(CC(F)(F)F)c2)n1. The molecule has 0 amide bonds. The van der Waals surface area contributed by atoms with E-state index in [1.807, 2.05) is 0 Å². The predicted octanol–water partition coefficient (Wildman–Crippen LogP) is 3.03. The van der Waals surface area contributed by atoms with E-state index in [4.69, 9.17) is 0 Å². The van der Waals surface area contributed by atoms with Crippen LogP contribution in [-0.4, -0.2) is 32.6 Å². The monoisotopic (exact) mass is 353 g/mol. The lowest BCUT2D eigenvalue weighted by molar-refractivity contribution is -0.127. The number of nitrogens with one attached hydrogen (secondary N) is 1. The Kier molecular flexibility index (Phi) is 4.99. The second-order valence-corrected chi connectivity index (χ2v) is 5.20. The molecule has 0 saturated heterocycles. The Balaban J connectivity index is 2.20. The van der Waals surface area contributed by atoms with E-state index >= 15 is 0 Å². The fourth-order valence-electron chi connectivity index (χ4n) is 2.14. The van der Waals surface area contributed by atoms with Crippen LogP contribution in [0.2, 0.25) is 0 Å². The van der Waals surface area contributed by atoms with E-state index in [1.165, 1.54) is 19.2 Å². The lowest BCUT2D eigenvalue weighted by atomic mass is 10.0. The zero-order valence-electron chi connectivity index (χ0n) is 12.4. The standard InChI is InChI=1S/C13H13F6N5/c1-24-22-11(21-23-24)20-7-10-3-8(5-12(14,15)16)2-9(4-10)6-13(17,18)19/h2-4H,5-7H2,1H3,(H,20,22). The van der Waals surface area contributed by atoms with Crippen molar-refractivity contribution in [3.63, 3.8) is 0 Å². The van der Waals surface area contributed by atoms with Gasteiger partial charge in [-0.3, -0.25) is 0 Å². The van der Waals surface area contributed by atoms with Gasteiger partial charge < -0.3 is 5.32 Å². The Bertz CT molecular complexity index is 657. The summed E-state index contributed by atoms with van der Waals surface area (Å²) in [5.41, 5.74) is -0.190. The molecule has 0 spiro atoms. The van der Waals surface area contributed by atoms with Crippen molar-refractivity contribution in [2.45, 2.75) is 31.7 Å². The third kappa shape index (κ3) is 6.05. The lowest BCUT2D eigenvalue weighted by Crippen LogP contribution is -2.15. The van der Waals surface area contributed by atoms with Gasteiger partial charge in [-0.2, -0.15) is 31.1 Å². The van der Waals surface area contributed by atoms with E-state index < -0.39 is 25.2 Å². The highest BCUT2D eigenvalue weighted by molar-refractivity contribution is 5.34. The van der Waals surface area contributed by atoms with Crippen LogP contribution in [0.15, 0.2) is 18.2 Å². The Labute approximate surface area is 132 Å². The minimum Gasteiger partial charge on any atom is -0.348 e. The van der Waals surface area contributed by atoms with E-state index in [-0.39, 0.29) is 29.2 Å². The van der Waals surface area contributed by atoms with Crippen molar-refractivity contribution in [3.05, 3.63) is 34.9 Å². The molecular weight excluding hydrogens is 340 g/mol. The van der Waals surface area contributed by atoms with Crippen molar-refractivity contribution >= 4 is 5.95 Å². The van der Waals surface area contributed by atoms with Gasteiger partial charge in [-0.15, -0.1) is 5.10 Å². The van der Waals surface area contributed by atoms with Gasteiger partial charge >= 0.3 is 12.4 Å². The predicted molar refractivity (Wildman–Crippen MR) is 72.1 cm³/mol. The number of tetrazole rings is 1. The highest BCUT2D eigenvalue weighted by atomic mass is 19.4. The highest BCUT2D eigenvalue weighted by Crippen LogP contribution is 2.26. The summed E-state index contributed by atoms with van der Waals surface area (Å²) in [7, 11) is 1.52. The first-order valence-electron chi connectivity index (χ1n) is 6.73. The van der Waals surface area contributed by atoms with E-state index in [0.717, 1.165) is 10.9 Å². The van der Waals surface area contributed by atoms with Crippen molar-refractivity contribution < 1.29 is 26.3 Å². The Morgan fingerprint density at radius 1 is 0.917 bits per heavy atom. The van der Waals surface area contributed by atoms with Gasteiger partial charge in [-0.05, 0) is 21.9 Å². The van der Waals surface area contributed by atoms with Gasteiger partial charge in [0.05, 0.1) is 19.9 Å². The maximum Gasteiger partial charge on any atom is 0.393 e. The van der Waals surface area contributed by atoms with E-state index in [2.05, 4.69) is 20.7 Å². The number of benzene rings is 1. The Morgan fingerprint density at radius 3 is 1.83 bits per heavy atom. The van der Waals surface area contributed by atoms with Crippen LogP contribution in [-0.2, 0) is 26.4 Å². The summed E-state index contributed by atoms with van der Waals surface area (Å²) in [6, 6.07) is 3.33. The van der Waals surface area contributed by atoms with Crippen molar-refractivity contribution in [3.8, 4) is 0 Å². The van der Waals surface area contributed by atoms with Gasteiger partial charge in [-0.1, -0.05) is 23.3 Å². The first-order chi connectivity index (χ1) is 11.0. The number of hydrogen-bond donors (Lipinski definition) is 1. The largest absolute Gasteiger partial charge is 0.393 e. The van der Waals surface area contributed by atoms with Crippen molar-refractivity contribution in [2.24, 2.45) is 7.05 Å². The van der Waals surface area contributed by atoms with Gasteiger partial charge in [0, 0.05) is 6.54 Å². The van der Waals surface area contributed by atoms with Crippen molar-refractivity contribution in [2.75, 3.05) is 5.32 Å². The summed E-state index contributed by atoms with van der Waals surface area (Å²) < 4.78 is 75.2. The molecule has 0 bridgehead atoms. The molecule has 0 aliphatic carbocycles. The molecule has 1 aromatic heterocycles. The highest BCUT2D eigenvalue weighted by Gasteiger charge is 2.30. The number of nitrogens with zero attached hydrogens (tertiary/aromatic N) is 4. The maximum atomic E-state index is 12.5. The van der Waals surface area contributed by atoms with Crippen LogP contribution in [0.5, 0.6) is 0 Å². The quantitative estimate of drug-likeness (QED) is 0.840. The summed E-state index contributed by atoms with van der Waals surface area (Å²) in [6.07, 6.45) is -11.6. The Hall–Kier alpha value is -2.33. The van der Waals surface area contributed by atoms with Crippen LogP contribution in [0.1, 0.15) is 16.7 Å². The molecule has 2 aromatic rings. The zero-order valence-corrected chi connectivity index (χ0v) is 12.4. The molecule has 0 fully saturated rings. The van der Waals surface area contributed by atoms with Crippen molar-refractivity contribution in [1.29, 1.82) is 0 Å². The van der Waals surface area contributed by atoms with Crippen LogP contribution in [0.25, 0.3) is 0 Å². The second kappa shape index (κ2) is 6.65. The van der Waals surface area contributed by atoms with Crippen molar-refractivity contribution in [1.82, 2.24) is 20.2 Å². The Morgan fingerprint density at radius 2 is 1.42 bits per heavy atom. The molecule has 0 aliphatic heterocycles. The summed E-state index contributed by atoms with van der Waals surface area (Å²) in [4.78, 5) is 1.16. The van der Waals surface area contributed by atoms with E-state index in [0.29, 0.717) is 0 Å². The number of aryl methyl sites for hydroxylation is 1. The third-order valence-corrected chi connectivity index (χ3v) is 2.88. The number of hydrogen-bond acceptors (Lipinski definition) is 4. The fraction of sp³-hybridized carbons (Fsp3) is 0.462. The van der Waals surface area contributed by atoms with E-state index in [1.54, 1.807) is 0 Å². The molecule has 0 atom stereocenters. The fourth-order valence-corrected chi connectivity index (χ4v) is 2.14. The minimum absolute atomic E-state index is 0.0255. The molecule has 2 rings (SSSR count). The van der Waals surface area contributed by atoms with Gasteiger partial charge in [-0.25, -0.2) is 0 Å². The molecule has 5 nitrogen and oxygen atoms in total. The van der Waals surface area contributed by atoms with Crippen LogP contribution in [0.4, 0.5) is 32.3 Å². The molecule has 24 heavy (non-hydrogen) atoms. The number of alkyl halides is 6. The molecule has 0 saturated carbocycles. The van der Waals surface area contributed by atoms with Crippen LogP contribution in [0, 0.1) is 0 Å². The van der Waals surface area contributed by atoms with Crippen LogP contribution < -0.4 is 5.32 Å². The molecule has 1 heterocycles. The first kappa shape index (κ1) is 18.0. The lowest BCUT2D eigenvalue weighted by Gasteiger charge is -2.13. The number of halogens is 6. The summed E-state index contributed by atoms with van der Waals surface area (Å²) in [5, 5.41) is 13.7. The number of anilines is 1. The molecule has 1 N–H and O–H groups in total. The average molecular weight is 353 g/mol. The first-order valence-corrected chi connectivity index (χ1v) is 6.73. The molecule has 0 aliphatic rings. The van der Waals surface area contributed by atoms with Gasteiger partial charge in [0.25, 0.3) is 5.95 Å². The second-order valence-electron chi connectivity index (χ2n) is 5.20. The molecular formula is C13H13F6N5. The summed E-state index contributed by atoms with van der Waals surface area (Å²) >= 11 is 0. The van der Waals surface area contributed by atoms with Gasteiger partial charge in [0.2, 0.25) is 0 Å². The number of aromatic nitrogens is 4. The molecule has 132 valence electrons. The minimum atomic E-state index is -4.51. The smallest absolute Gasteiger partial charge is 0.348 e. The van der Waals surface area contributed by atoms with E-state index in [9.17, 15) is 26.3 Å².